The molecular formula is C8H6N6. The Bertz CT molecular complexity index is 552. The van der Waals surface area contributed by atoms with Gasteiger partial charge in [-0.05, 0) is 0 Å². The van der Waals surface area contributed by atoms with Gasteiger partial charge in [0.2, 0.25) is 0 Å². The third kappa shape index (κ3) is 0.905. The van der Waals surface area contributed by atoms with Gasteiger partial charge in [0.25, 0.3) is 0 Å². The van der Waals surface area contributed by atoms with E-state index < -0.39 is 0 Å². The second kappa shape index (κ2) is 2.63. The molecule has 0 aliphatic carbocycles. The van der Waals surface area contributed by atoms with Gasteiger partial charge in [0.1, 0.15) is 11.2 Å². The van der Waals surface area contributed by atoms with Crippen LogP contribution >= 0.6 is 0 Å². The van der Waals surface area contributed by atoms with Crippen LogP contribution in [0.1, 0.15) is 0 Å². The third-order valence-corrected chi connectivity index (χ3v) is 2.00. The first kappa shape index (κ1) is 7.19. The Morgan fingerprint density at radius 2 is 2.07 bits per heavy atom. The summed E-state index contributed by atoms with van der Waals surface area (Å²) in [7, 11) is 0. The van der Waals surface area contributed by atoms with E-state index in [1.165, 1.54) is 0 Å². The second-order valence-electron chi connectivity index (χ2n) is 2.81. The molecule has 0 aromatic carbocycles. The Morgan fingerprint density at radius 1 is 1.14 bits per heavy atom. The van der Waals surface area contributed by atoms with Crippen molar-refractivity contribution in [3.05, 3.63) is 24.8 Å². The van der Waals surface area contributed by atoms with E-state index in [-0.39, 0.29) is 0 Å². The molecule has 0 aliphatic rings. The van der Waals surface area contributed by atoms with Crippen LogP contribution in [-0.4, -0.2) is 30.4 Å². The van der Waals surface area contributed by atoms with Gasteiger partial charge in [0.15, 0.2) is 5.65 Å². The number of aromatic amines is 2. The molecule has 0 bridgehead atoms. The molecule has 0 unspecified atom stereocenters. The van der Waals surface area contributed by atoms with Crippen LogP contribution in [0, 0.1) is 0 Å². The maximum atomic E-state index is 4.22. The van der Waals surface area contributed by atoms with Crippen molar-refractivity contribution < 1.29 is 0 Å². The fourth-order valence-corrected chi connectivity index (χ4v) is 1.38. The van der Waals surface area contributed by atoms with Crippen LogP contribution in [-0.2, 0) is 0 Å². The lowest BCUT2D eigenvalue weighted by Crippen LogP contribution is -1.80. The Kier molecular flexibility index (Phi) is 1.35. The summed E-state index contributed by atoms with van der Waals surface area (Å²) >= 11 is 0. The molecule has 3 rings (SSSR count). The first-order chi connectivity index (χ1) is 6.95. The minimum absolute atomic E-state index is 0.755. The van der Waals surface area contributed by atoms with Crippen molar-refractivity contribution in [1.29, 1.82) is 0 Å². The summed E-state index contributed by atoms with van der Waals surface area (Å²) in [5.41, 5.74) is 3.23. The second-order valence-corrected chi connectivity index (χ2v) is 2.81. The van der Waals surface area contributed by atoms with Crippen LogP contribution in [0.5, 0.6) is 0 Å². The number of rotatable bonds is 1. The third-order valence-electron chi connectivity index (χ3n) is 2.00. The Labute approximate surface area is 78.4 Å². The van der Waals surface area contributed by atoms with Gasteiger partial charge in [0, 0.05) is 24.2 Å². The zero-order chi connectivity index (χ0) is 9.38. The van der Waals surface area contributed by atoms with E-state index in [1.54, 1.807) is 18.6 Å². The highest BCUT2D eigenvalue weighted by Gasteiger charge is 2.09. The summed E-state index contributed by atoms with van der Waals surface area (Å²) in [6, 6.07) is 0. The lowest BCUT2D eigenvalue weighted by molar-refractivity contribution is 0.942. The number of fused-ring (bicyclic) bond motifs is 1. The first-order valence-electron chi connectivity index (χ1n) is 4.09. The lowest BCUT2D eigenvalue weighted by Gasteiger charge is -1.89. The normalized spacial score (nSPS) is 10.9. The quantitative estimate of drug-likeness (QED) is 0.587. The van der Waals surface area contributed by atoms with E-state index in [0.29, 0.717) is 0 Å². The smallest absolute Gasteiger partial charge is 0.156 e. The van der Waals surface area contributed by atoms with Crippen molar-refractivity contribution in [3.8, 4) is 11.3 Å². The zero-order valence-corrected chi connectivity index (χ0v) is 7.10. The molecule has 68 valence electrons. The van der Waals surface area contributed by atoms with Gasteiger partial charge >= 0.3 is 0 Å². The molecule has 2 N–H and O–H groups in total. The summed E-state index contributed by atoms with van der Waals surface area (Å²) < 4.78 is 0. The van der Waals surface area contributed by atoms with E-state index in [2.05, 4.69) is 30.4 Å². The van der Waals surface area contributed by atoms with Crippen molar-refractivity contribution in [2.75, 3.05) is 0 Å². The molecular weight excluding hydrogens is 180 g/mol. The average Bonchev–Trinajstić information content (AvgIpc) is 2.85. The fourth-order valence-electron chi connectivity index (χ4n) is 1.38. The van der Waals surface area contributed by atoms with Crippen molar-refractivity contribution in [2.24, 2.45) is 0 Å². The molecule has 0 saturated carbocycles. The average molecular weight is 186 g/mol. The molecule has 14 heavy (non-hydrogen) atoms. The number of hydrogen-bond donors (Lipinski definition) is 2. The van der Waals surface area contributed by atoms with E-state index in [0.717, 1.165) is 22.4 Å². The van der Waals surface area contributed by atoms with Gasteiger partial charge in [-0.3, -0.25) is 4.98 Å². The Hall–Kier alpha value is -2.24. The Morgan fingerprint density at radius 3 is 2.93 bits per heavy atom. The molecule has 0 fully saturated rings. The molecule has 6 heteroatoms. The van der Waals surface area contributed by atoms with Gasteiger partial charge in [-0.1, -0.05) is 0 Å². The van der Waals surface area contributed by atoms with Crippen molar-refractivity contribution in [2.45, 2.75) is 0 Å². The van der Waals surface area contributed by atoms with Crippen LogP contribution in [0.25, 0.3) is 22.4 Å². The van der Waals surface area contributed by atoms with Gasteiger partial charge < -0.3 is 4.98 Å². The molecule has 3 aromatic rings. The van der Waals surface area contributed by atoms with E-state index >= 15 is 0 Å². The summed E-state index contributed by atoms with van der Waals surface area (Å²) in [4.78, 5) is 11.4. The summed E-state index contributed by atoms with van der Waals surface area (Å²) in [6.45, 7) is 0. The number of aromatic nitrogens is 6. The maximum Gasteiger partial charge on any atom is 0.156 e. The van der Waals surface area contributed by atoms with Crippen LogP contribution in [0.4, 0.5) is 0 Å². The molecule has 0 aliphatic heterocycles. The highest BCUT2D eigenvalue weighted by atomic mass is 15.3. The minimum Gasteiger partial charge on any atom is -0.344 e. The van der Waals surface area contributed by atoms with Gasteiger partial charge in [0.05, 0.1) is 6.20 Å². The molecule has 0 radical (unpaired) electrons. The standard InChI is InChI=1S/C8H6N6/c1-2-10-8-7(9-1)5(3-11-8)6-4-12-14-13-6/h1-4H,(H,10,11)(H,12,13,14). The van der Waals surface area contributed by atoms with Gasteiger partial charge in [-0.2, -0.15) is 15.4 Å². The molecule has 3 aromatic heterocycles. The fraction of sp³-hybridized carbons (Fsp3) is 0. The minimum atomic E-state index is 0.755. The predicted molar refractivity (Wildman–Crippen MR) is 49.3 cm³/mol. The molecule has 0 saturated heterocycles. The SMILES string of the molecule is c1cnc2c(-c3cn[nH]n3)c[nH]c2n1. The van der Waals surface area contributed by atoms with Crippen molar-refractivity contribution >= 4 is 11.2 Å². The number of nitrogens with one attached hydrogen (secondary N) is 2. The maximum absolute atomic E-state index is 4.22. The zero-order valence-electron chi connectivity index (χ0n) is 7.10. The van der Waals surface area contributed by atoms with Crippen LogP contribution in [0.3, 0.4) is 0 Å². The highest BCUT2D eigenvalue weighted by molar-refractivity contribution is 5.88. The largest absolute Gasteiger partial charge is 0.344 e. The predicted octanol–water partition coefficient (Wildman–Crippen LogP) is 0.743. The summed E-state index contributed by atoms with van der Waals surface area (Å²) in [5.74, 6) is 0. The molecule has 0 amide bonds. The van der Waals surface area contributed by atoms with Gasteiger partial charge in [-0.15, -0.1) is 0 Å². The number of H-pyrrole nitrogens is 2. The van der Waals surface area contributed by atoms with E-state index in [4.69, 9.17) is 0 Å². The summed E-state index contributed by atoms with van der Waals surface area (Å²) in [5, 5.41) is 10.3. The molecule has 0 spiro atoms. The molecule has 6 nitrogen and oxygen atoms in total. The number of hydrogen-bond acceptors (Lipinski definition) is 4. The monoisotopic (exact) mass is 186 g/mol. The van der Waals surface area contributed by atoms with Crippen molar-refractivity contribution in [1.82, 2.24) is 30.4 Å². The highest BCUT2D eigenvalue weighted by Crippen LogP contribution is 2.22. The molecule has 0 atom stereocenters. The topological polar surface area (TPSA) is 83.1 Å². The van der Waals surface area contributed by atoms with Crippen molar-refractivity contribution in [3.63, 3.8) is 0 Å². The van der Waals surface area contributed by atoms with Crippen LogP contribution in [0.2, 0.25) is 0 Å². The number of nitrogens with zero attached hydrogens (tertiary/aromatic N) is 4. The summed E-state index contributed by atoms with van der Waals surface area (Å²) in [6.07, 6.45) is 6.77. The lowest BCUT2D eigenvalue weighted by atomic mass is 10.2. The Balaban J connectivity index is 2.33. The van der Waals surface area contributed by atoms with Crippen LogP contribution < -0.4 is 0 Å². The molecule has 3 heterocycles. The van der Waals surface area contributed by atoms with E-state index in [9.17, 15) is 0 Å². The van der Waals surface area contributed by atoms with Crippen LogP contribution in [0.15, 0.2) is 24.8 Å². The van der Waals surface area contributed by atoms with E-state index in [1.807, 2.05) is 6.20 Å². The first-order valence-corrected chi connectivity index (χ1v) is 4.09. The van der Waals surface area contributed by atoms with Gasteiger partial charge in [-0.25, -0.2) is 4.98 Å².